The highest BCUT2D eigenvalue weighted by atomic mass is 79.9. The smallest absolute Gasteiger partial charge is 0.148 e. The van der Waals surface area contributed by atoms with E-state index < -0.39 is 17.4 Å². The molecule has 78 valence electrons. The number of hydroxylamine groups is 2. The molecule has 1 aromatic rings. The van der Waals surface area contributed by atoms with Crippen LogP contribution in [0.2, 0.25) is 0 Å². The van der Waals surface area contributed by atoms with Gasteiger partial charge in [-0.25, -0.2) is 8.78 Å². The quantitative estimate of drug-likeness (QED) is 0.638. The largest absolute Gasteiger partial charge is 0.507 e. The van der Waals surface area contributed by atoms with Gasteiger partial charge < -0.3 is 10.3 Å². The molecule has 0 radical (unpaired) electrons. The van der Waals surface area contributed by atoms with Crippen LogP contribution in [0.25, 0.3) is 0 Å². The summed E-state index contributed by atoms with van der Waals surface area (Å²) in [6.45, 7) is -0.226. The number of nitrogens with zero attached hydrogens (tertiary/aromatic N) is 1. The zero-order valence-electron chi connectivity index (χ0n) is 7.26. The first-order valence-electron chi connectivity index (χ1n) is 3.68. The second-order valence-electron chi connectivity index (χ2n) is 2.80. The third-order valence-corrected chi connectivity index (χ3v) is 2.35. The lowest BCUT2D eigenvalue weighted by Crippen LogP contribution is -2.13. The number of aromatic hydroxyl groups is 1. The van der Waals surface area contributed by atoms with Gasteiger partial charge in [-0.2, -0.15) is 5.06 Å². The van der Waals surface area contributed by atoms with E-state index in [1.165, 1.54) is 7.05 Å². The summed E-state index contributed by atoms with van der Waals surface area (Å²) in [6.07, 6.45) is 0. The third kappa shape index (κ3) is 2.20. The van der Waals surface area contributed by atoms with E-state index in [-0.39, 0.29) is 16.6 Å². The summed E-state index contributed by atoms with van der Waals surface area (Å²) in [5.41, 5.74) is -0.164. The van der Waals surface area contributed by atoms with Gasteiger partial charge in [-0.3, -0.25) is 0 Å². The zero-order valence-corrected chi connectivity index (χ0v) is 8.85. The van der Waals surface area contributed by atoms with Crippen molar-refractivity contribution in [1.82, 2.24) is 5.06 Å². The molecule has 0 bridgehead atoms. The molecule has 14 heavy (non-hydrogen) atoms. The van der Waals surface area contributed by atoms with E-state index in [4.69, 9.17) is 5.21 Å². The minimum atomic E-state index is -0.914. The number of hydrogen-bond acceptors (Lipinski definition) is 3. The summed E-state index contributed by atoms with van der Waals surface area (Å²) in [5, 5.41) is 18.8. The molecule has 0 heterocycles. The molecule has 2 N–H and O–H groups in total. The summed E-state index contributed by atoms with van der Waals surface area (Å²) in [4.78, 5) is 0. The molecule has 0 atom stereocenters. The van der Waals surface area contributed by atoms with Gasteiger partial charge in [0, 0.05) is 18.7 Å². The molecule has 0 amide bonds. The van der Waals surface area contributed by atoms with Gasteiger partial charge in [-0.15, -0.1) is 0 Å². The van der Waals surface area contributed by atoms with Crippen molar-refractivity contribution in [3.05, 3.63) is 27.7 Å². The fraction of sp³-hybridized carbons (Fsp3) is 0.250. The van der Waals surface area contributed by atoms with Crippen LogP contribution in [-0.2, 0) is 6.54 Å². The molecule has 0 aromatic heterocycles. The second kappa shape index (κ2) is 4.20. The number of phenolic OH excluding ortho intramolecular Hbond substituents is 1. The van der Waals surface area contributed by atoms with Crippen molar-refractivity contribution in [3.63, 3.8) is 0 Å². The Morgan fingerprint density at radius 3 is 2.57 bits per heavy atom. The Kier molecular flexibility index (Phi) is 3.41. The van der Waals surface area contributed by atoms with E-state index in [1.54, 1.807) is 0 Å². The highest BCUT2D eigenvalue weighted by molar-refractivity contribution is 9.10. The zero-order chi connectivity index (χ0) is 10.9. The first kappa shape index (κ1) is 11.4. The average Bonchev–Trinajstić information content (AvgIpc) is 2.09. The van der Waals surface area contributed by atoms with Gasteiger partial charge >= 0.3 is 0 Å². The van der Waals surface area contributed by atoms with E-state index in [0.29, 0.717) is 5.06 Å². The monoisotopic (exact) mass is 267 g/mol. The molecule has 3 nitrogen and oxygen atoms in total. The van der Waals surface area contributed by atoms with E-state index in [2.05, 4.69) is 15.9 Å². The third-order valence-electron chi connectivity index (χ3n) is 1.63. The van der Waals surface area contributed by atoms with Crippen molar-refractivity contribution >= 4 is 15.9 Å². The van der Waals surface area contributed by atoms with Gasteiger partial charge in [0.05, 0.1) is 11.0 Å². The Morgan fingerprint density at radius 2 is 2.07 bits per heavy atom. The Morgan fingerprint density at radius 1 is 1.50 bits per heavy atom. The Hall–Kier alpha value is -0.720. The summed E-state index contributed by atoms with van der Waals surface area (Å²) in [6, 6.07) is 0.784. The lowest BCUT2D eigenvalue weighted by atomic mass is 10.2. The predicted octanol–water partition coefficient (Wildman–Crippen LogP) is 2.25. The standard InChI is InChI=1S/C8H8BrF2NO2/c1-12(14)3-4-6(13)2-5(10)7(9)8(4)11/h2,13-14H,3H2,1H3. The molecule has 0 unspecified atom stereocenters. The Labute approximate surface area is 87.7 Å². The fourth-order valence-electron chi connectivity index (χ4n) is 1.000. The number of rotatable bonds is 2. The summed E-state index contributed by atoms with van der Waals surface area (Å²) >= 11 is 2.69. The van der Waals surface area contributed by atoms with Crippen LogP contribution in [-0.4, -0.2) is 22.4 Å². The van der Waals surface area contributed by atoms with Crippen LogP contribution in [0.15, 0.2) is 10.5 Å². The van der Waals surface area contributed by atoms with E-state index in [1.807, 2.05) is 0 Å². The number of halogens is 3. The molecule has 1 rings (SSSR count). The van der Waals surface area contributed by atoms with Gasteiger partial charge in [0.2, 0.25) is 0 Å². The van der Waals surface area contributed by atoms with Crippen molar-refractivity contribution in [1.29, 1.82) is 0 Å². The minimum absolute atomic E-state index is 0.164. The van der Waals surface area contributed by atoms with Crippen LogP contribution in [0.5, 0.6) is 5.75 Å². The maximum absolute atomic E-state index is 13.3. The molecule has 0 aliphatic carbocycles. The SMILES string of the molecule is CN(O)Cc1c(O)cc(F)c(Br)c1F. The van der Waals surface area contributed by atoms with Gasteiger partial charge in [-0.05, 0) is 15.9 Å². The van der Waals surface area contributed by atoms with E-state index in [0.717, 1.165) is 6.07 Å². The van der Waals surface area contributed by atoms with Gasteiger partial charge in [0.15, 0.2) is 0 Å². The van der Waals surface area contributed by atoms with E-state index in [9.17, 15) is 13.9 Å². The number of hydrogen-bond donors (Lipinski definition) is 2. The second-order valence-corrected chi connectivity index (χ2v) is 3.59. The lowest BCUT2D eigenvalue weighted by molar-refractivity contribution is -0.0743. The maximum atomic E-state index is 13.3. The molecule has 0 fully saturated rings. The molecule has 0 spiro atoms. The molecule has 0 saturated heterocycles. The Balaban J connectivity index is 3.22. The fourth-order valence-corrected chi connectivity index (χ4v) is 1.35. The number of phenols is 1. The molecule has 6 heteroatoms. The number of benzene rings is 1. The van der Waals surface area contributed by atoms with Gasteiger partial charge in [0.25, 0.3) is 0 Å². The highest BCUT2D eigenvalue weighted by Crippen LogP contribution is 2.30. The van der Waals surface area contributed by atoms with Crippen molar-refractivity contribution in [3.8, 4) is 5.75 Å². The Bertz CT molecular complexity index is 358. The summed E-state index contributed by atoms with van der Waals surface area (Å²) in [7, 11) is 1.29. The topological polar surface area (TPSA) is 43.7 Å². The molecular formula is C8H8BrF2NO2. The normalized spacial score (nSPS) is 11.0. The van der Waals surface area contributed by atoms with Crippen LogP contribution in [0, 0.1) is 11.6 Å². The lowest BCUT2D eigenvalue weighted by Gasteiger charge is -2.11. The predicted molar refractivity (Wildman–Crippen MR) is 49.0 cm³/mol. The highest BCUT2D eigenvalue weighted by Gasteiger charge is 2.17. The van der Waals surface area contributed by atoms with Crippen molar-refractivity contribution in [2.75, 3.05) is 7.05 Å². The van der Waals surface area contributed by atoms with Gasteiger partial charge in [0.1, 0.15) is 17.4 Å². The van der Waals surface area contributed by atoms with Gasteiger partial charge in [-0.1, -0.05) is 0 Å². The first-order chi connectivity index (χ1) is 6.43. The molecule has 0 aliphatic heterocycles. The average molecular weight is 268 g/mol. The van der Waals surface area contributed by atoms with Crippen LogP contribution < -0.4 is 0 Å². The minimum Gasteiger partial charge on any atom is -0.507 e. The van der Waals surface area contributed by atoms with E-state index >= 15 is 0 Å². The van der Waals surface area contributed by atoms with Crippen molar-refractivity contribution < 1.29 is 19.1 Å². The molecule has 0 aliphatic rings. The molecular weight excluding hydrogens is 260 g/mol. The van der Waals surface area contributed by atoms with Crippen LogP contribution in [0.1, 0.15) is 5.56 Å². The first-order valence-corrected chi connectivity index (χ1v) is 4.48. The summed E-state index contributed by atoms with van der Waals surface area (Å²) < 4.78 is 25.8. The maximum Gasteiger partial charge on any atom is 0.148 e. The van der Waals surface area contributed by atoms with Crippen molar-refractivity contribution in [2.45, 2.75) is 6.54 Å². The van der Waals surface area contributed by atoms with Crippen LogP contribution in [0.4, 0.5) is 8.78 Å². The van der Waals surface area contributed by atoms with Crippen LogP contribution in [0.3, 0.4) is 0 Å². The molecule has 0 saturated carbocycles. The van der Waals surface area contributed by atoms with Crippen LogP contribution >= 0.6 is 15.9 Å². The van der Waals surface area contributed by atoms with Crippen molar-refractivity contribution in [2.24, 2.45) is 0 Å². The summed E-state index contributed by atoms with van der Waals surface area (Å²) in [5.74, 6) is -2.32. The molecule has 1 aromatic carbocycles.